The van der Waals surface area contributed by atoms with Gasteiger partial charge in [-0.1, -0.05) is 31.9 Å². The molecule has 3 fully saturated rings. The van der Waals surface area contributed by atoms with Crippen molar-refractivity contribution in [3.8, 4) is 6.07 Å². The van der Waals surface area contributed by atoms with Crippen molar-refractivity contribution < 1.29 is 8.42 Å². The van der Waals surface area contributed by atoms with Crippen LogP contribution in [0.1, 0.15) is 57.4 Å². The van der Waals surface area contributed by atoms with Gasteiger partial charge in [-0.2, -0.15) is 5.26 Å². The zero-order chi connectivity index (χ0) is 20.7. The third kappa shape index (κ3) is 3.92. The Morgan fingerprint density at radius 2 is 1.93 bits per heavy atom. The van der Waals surface area contributed by atoms with Crippen molar-refractivity contribution >= 4 is 15.7 Å². The molecule has 1 N–H and O–H groups in total. The molecular formula is C23H33N3O2S. The Labute approximate surface area is 175 Å². The van der Waals surface area contributed by atoms with E-state index in [9.17, 15) is 13.7 Å². The molecule has 0 aromatic heterocycles. The lowest BCUT2D eigenvalue weighted by molar-refractivity contribution is 0.247. The van der Waals surface area contributed by atoms with Crippen LogP contribution in [0.25, 0.3) is 0 Å². The second kappa shape index (κ2) is 7.59. The summed E-state index contributed by atoms with van der Waals surface area (Å²) in [5, 5.41) is 9.57. The molecule has 1 heterocycles. The summed E-state index contributed by atoms with van der Waals surface area (Å²) in [5.74, 6) is 1.33. The third-order valence-electron chi connectivity index (χ3n) is 7.83. The zero-order valence-electron chi connectivity index (χ0n) is 17.7. The van der Waals surface area contributed by atoms with Gasteiger partial charge in [0.1, 0.15) is 0 Å². The molecule has 0 radical (unpaired) electrons. The van der Waals surface area contributed by atoms with Crippen LogP contribution in [0.2, 0.25) is 0 Å². The van der Waals surface area contributed by atoms with Crippen LogP contribution in [-0.2, 0) is 15.4 Å². The topological polar surface area (TPSA) is 73.2 Å². The molecule has 0 spiro atoms. The molecule has 29 heavy (non-hydrogen) atoms. The first-order valence-corrected chi connectivity index (χ1v) is 12.9. The first kappa shape index (κ1) is 20.7. The number of anilines is 1. The van der Waals surface area contributed by atoms with Gasteiger partial charge in [0.15, 0.2) is 0 Å². The minimum Gasteiger partial charge on any atom is -0.303 e. The molecule has 2 unspecified atom stereocenters. The van der Waals surface area contributed by atoms with Gasteiger partial charge in [-0.15, -0.1) is 0 Å². The fourth-order valence-corrected chi connectivity index (χ4v) is 6.91. The van der Waals surface area contributed by atoms with Crippen molar-refractivity contribution in [3.63, 3.8) is 0 Å². The first-order valence-electron chi connectivity index (χ1n) is 11.0. The molecule has 2 atom stereocenters. The molecule has 2 saturated carbocycles. The van der Waals surface area contributed by atoms with E-state index in [-0.39, 0.29) is 10.8 Å². The quantitative estimate of drug-likeness (QED) is 0.693. The number of sulfonamides is 1. The van der Waals surface area contributed by atoms with Crippen LogP contribution in [0.4, 0.5) is 5.69 Å². The summed E-state index contributed by atoms with van der Waals surface area (Å²) in [4.78, 5) is 2.59. The number of nitrogens with zero attached hydrogens (tertiary/aromatic N) is 2. The highest BCUT2D eigenvalue weighted by Gasteiger charge is 2.67. The van der Waals surface area contributed by atoms with Crippen LogP contribution in [0, 0.1) is 28.6 Å². The molecule has 1 aromatic carbocycles. The average Bonchev–Trinajstić information content (AvgIpc) is 3.04. The second-order valence-corrected chi connectivity index (χ2v) is 11.3. The second-order valence-electron chi connectivity index (χ2n) is 9.52. The summed E-state index contributed by atoms with van der Waals surface area (Å²) in [7, 11) is -3.26. The maximum absolute atomic E-state index is 11.6. The number of likely N-dealkylation sites (tertiary alicyclic amines) is 1. The van der Waals surface area contributed by atoms with Crippen molar-refractivity contribution in [3.05, 3.63) is 29.8 Å². The molecule has 6 heteroatoms. The van der Waals surface area contributed by atoms with E-state index >= 15 is 0 Å². The van der Waals surface area contributed by atoms with Gasteiger partial charge < -0.3 is 4.90 Å². The monoisotopic (exact) mass is 415 g/mol. The van der Waals surface area contributed by atoms with Crippen LogP contribution < -0.4 is 4.72 Å². The van der Waals surface area contributed by atoms with Gasteiger partial charge in [0.25, 0.3) is 0 Å². The highest BCUT2D eigenvalue weighted by Crippen LogP contribution is 2.65. The van der Waals surface area contributed by atoms with Crippen molar-refractivity contribution in [1.29, 1.82) is 5.26 Å². The third-order valence-corrected chi connectivity index (χ3v) is 8.43. The smallest absolute Gasteiger partial charge is 0.229 e. The van der Waals surface area contributed by atoms with Crippen LogP contribution in [-0.4, -0.2) is 39.2 Å². The lowest BCUT2D eigenvalue weighted by atomic mass is 9.83. The Hall–Kier alpha value is -1.58. The minimum absolute atomic E-state index is 0.0388. The number of hydrogen-bond donors (Lipinski definition) is 1. The van der Waals surface area contributed by atoms with Gasteiger partial charge in [0.2, 0.25) is 10.0 Å². The average molecular weight is 416 g/mol. The molecule has 3 aliphatic rings. The Balaban J connectivity index is 1.35. The molecule has 1 aliphatic heterocycles. The largest absolute Gasteiger partial charge is 0.303 e. The molecule has 0 amide bonds. The molecule has 4 rings (SSSR count). The summed E-state index contributed by atoms with van der Waals surface area (Å²) in [6.07, 6.45) is 9.07. The number of rotatable bonds is 8. The van der Waals surface area contributed by atoms with E-state index in [1.54, 1.807) is 0 Å². The predicted molar refractivity (Wildman–Crippen MR) is 116 cm³/mol. The van der Waals surface area contributed by atoms with Crippen LogP contribution >= 0.6 is 0 Å². The minimum atomic E-state index is -3.26. The van der Waals surface area contributed by atoms with E-state index in [1.807, 2.05) is 18.2 Å². The highest BCUT2D eigenvalue weighted by molar-refractivity contribution is 7.92. The Kier molecular flexibility index (Phi) is 5.41. The fraction of sp³-hybridized carbons (Fsp3) is 0.696. The summed E-state index contributed by atoms with van der Waals surface area (Å²) < 4.78 is 25.8. The van der Waals surface area contributed by atoms with Crippen molar-refractivity contribution in [2.24, 2.45) is 17.3 Å². The molecule has 1 saturated heterocycles. The molecule has 1 aromatic rings. The van der Waals surface area contributed by atoms with E-state index in [4.69, 9.17) is 0 Å². The number of fused-ring (bicyclic) bond motifs is 1. The van der Waals surface area contributed by atoms with Crippen molar-refractivity contribution in [2.75, 3.05) is 30.6 Å². The standard InChI is InChI=1S/C23H33N3O2S/c1-3-23(18-8-6-9-19(14-18)25-29(2,27)28)20-15-26(16-21(20)23)13-7-12-22(17-24)10-4-5-11-22/h6,8-9,14,20-21,25H,3-5,7,10-13,15-16H2,1-2H3. The number of benzene rings is 1. The van der Waals surface area contributed by atoms with Crippen molar-refractivity contribution in [1.82, 2.24) is 4.90 Å². The van der Waals surface area contributed by atoms with Gasteiger partial charge in [-0.05, 0) is 68.2 Å². The molecule has 0 bridgehead atoms. The normalized spacial score (nSPS) is 30.7. The first-order chi connectivity index (χ1) is 13.8. The zero-order valence-corrected chi connectivity index (χ0v) is 18.5. The molecule has 158 valence electrons. The number of hydrogen-bond acceptors (Lipinski definition) is 4. The van der Waals surface area contributed by atoms with E-state index < -0.39 is 10.0 Å². The number of piperidine rings is 1. The van der Waals surface area contributed by atoms with E-state index in [1.165, 1.54) is 24.7 Å². The predicted octanol–water partition coefficient (Wildman–Crippen LogP) is 4.13. The van der Waals surface area contributed by atoms with E-state index in [0.717, 1.165) is 51.7 Å². The molecular weight excluding hydrogens is 382 g/mol. The van der Waals surface area contributed by atoms with Crippen LogP contribution in [0.15, 0.2) is 24.3 Å². The fourth-order valence-electron chi connectivity index (χ4n) is 6.35. The SMILES string of the molecule is CCC1(c2cccc(NS(C)(=O)=O)c2)C2CN(CCCC3(C#N)CCCC3)CC21. The van der Waals surface area contributed by atoms with Crippen molar-refractivity contribution in [2.45, 2.75) is 57.3 Å². The Morgan fingerprint density at radius 1 is 1.24 bits per heavy atom. The summed E-state index contributed by atoms with van der Waals surface area (Å²) >= 11 is 0. The van der Waals surface area contributed by atoms with Gasteiger partial charge in [0.05, 0.1) is 17.7 Å². The van der Waals surface area contributed by atoms with Crippen LogP contribution in [0.3, 0.4) is 0 Å². The van der Waals surface area contributed by atoms with Crippen LogP contribution in [0.5, 0.6) is 0 Å². The lowest BCUT2D eigenvalue weighted by Gasteiger charge is -2.28. The maximum Gasteiger partial charge on any atom is 0.229 e. The molecule has 2 aliphatic carbocycles. The Morgan fingerprint density at radius 3 is 2.52 bits per heavy atom. The van der Waals surface area contributed by atoms with Gasteiger partial charge in [-0.25, -0.2) is 8.42 Å². The maximum atomic E-state index is 11.6. The van der Waals surface area contributed by atoms with Gasteiger partial charge in [0, 0.05) is 24.2 Å². The number of nitriles is 1. The summed E-state index contributed by atoms with van der Waals surface area (Å²) in [6.45, 7) is 5.62. The van der Waals surface area contributed by atoms with Gasteiger partial charge >= 0.3 is 0 Å². The van der Waals surface area contributed by atoms with E-state index in [0.29, 0.717) is 17.5 Å². The summed E-state index contributed by atoms with van der Waals surface area (Å²) in [5.41, 5.74) is 2.10. The van der Waals surface area contributed by atoms with Gasteiger partial charge in [-0.3, -0.25) is 4.72 Å². The lowest BCUT2D eigenvalue weighted by Crippen LogP contribution is -2.31. The Bertz CT molecular complexity index is 887. The summed E-state index contributed by atoms with van der Waals surface area (Å²) in [6, 6.07) is 10.6. The van der Waals surface area contributed by atoms with E-state index in [2.05, 4.69) is 28.7 Å². The highest BCUT2D eigenvalue weighted by atomic mass is 32.2. The number of nitrogens with one attached hydrogen (secondary N) is 1. The molecule has 5 nitrogen and oxygen atoms in total.